The first-order valence-electron chi connectivity index (χ1n) is 18.5. The minimum atomic E-state index is -0.453. The fourth-order valence-electron chi connectivity index (χ4n) is 8.06. The van der Waals surface area contributed by atoms with E-state index < -0.39 is 11.8 Å². The van der Waals surface area contributed by atoms with Crippen LogP contribution < -0.4 is 11.1 Å². The number of hydrogen-bond acceptors (Lipinski definition) is 5. The van der Waals surface area contributed by atoms with Gasteiger partial charge in [0.25, 0.3) is 22.9 Å². The van der Waals surface area contributed by atoms with Crippen LogP contribution in [0.5, 0.6) is 5.75 Å². The molecule has 0 unspecified atom stereocenters. The molecule has 272 valence electrons. The summed E-state index contributed by atoms with van der Waals surface area (Å²) in [5, 5.41) is 13.3. The highest BCUT2D eigenvalue weighted by atomic mass is 16.3. The van der Waals surface area contributed by atoms with Crippen LogP contribution in [-0.4, -0.2) is 31.0 Å². The predicted molar refractivity (Wildman–Crippen MR) is 219 cm³/mol. The maximum absolute atomic E-state index is 14.8. The molecule has 56 heavy (non-hydrogen) atoms. The highest BCUT2D eigenvalue weighted by Crippen LogP contribution is 2.39. The molecule has 8 heteroatoms. The quantitative estimate of drug-likeness (QED) is 0.158. The lowest BCUT2D eigenvalue weighted by Gasteiger charge is -2.21. The number of fused-ring (bicyclic) bond motifs is 3. The van der Waals surface area contributed by atoms with Gasteiger partial charge in [0.15, 0.2) is 0 Å². The number of amides is 2. The van der Waals surface area contributed by atoms with Crippen LogP contribution in [0.1, 0.15) is 37.4 Å². The zero-order valence-electron chi connectivity index (χ0n) is 30.5. The number of hydrogen-bond donors (Lipinski definition) is 1. The smallest absolute Gasteiger partial charge is 0.263 e. The van der Waals surface area contributed by atoms with E-state index in [2.05, 4.69) is 12.1 Å². The number of rotatable bonds is 8. The summed E-state index contributed by atoms with van der Waals surface area (Å²) < 4.78 is 3.38. The SMILES string of the molecule is Cc1cc(=O)n(CCc2ccc3c(-c4ccccc4)c(-c4ccccc4)n(-c4ccccc4)c(=O)c3c2)c2c(CN3C(=O)c4ccccc4C3=O)c(O)ccc12. The van der Waals surface area contributed by atoms with E-state index in [1.54, 1.807) is 45.5 Å². The van der Waals surface area contributed by atoms with Crippen molar-refractivity contribution in [3.8, 4) is 33.8 Å². The number of carbonyl (C=O) groups is 2. The van der Waals surface area contributed by atoms with Crippen LogP contribution in [0, 0.1) is 6.92 Å². The first-order valence-corrected chi connectivity index (χ1v) is 18.5. The maximum atomic E-state index is 14.8. The molecule has 3 heterocycles. The third-order valence-electron chi connectivity index (χ3n) is 10.7. The van der Waals surface area contributed by atoms with E-state index in [4.69, 9.17) is 0 Å². The Morgan fingerprint density at radius 1 is 0.589 bits per heavy atom. The van der Waals surface area contributed by atoms with E-state index >= 15 is 0 Å². The van der Waals surface area contributed by atoms with Crippen LogP contribution in [0.3, 0.4) is 0 Å². The molecule has 1 aliphatic heterocycles. The lowest BCUT2D eigenvalue weighted by molar-refractivity contribution is 0.0642. The highest BCUT2D eigenvalue weighted by molar-refractivity contribution is 6.21. The van der Waals surface area contributed by atoms with Crippen molar-refractivity contribution in [3.05, 3.63) is 200 Å². The van der Waals surface area contributed by atoms with Crippen LogP contribution in [0.15, 0.2) is 161 Å². The molecule has 0 radical (unpaired) electrons. The molecule has 1 aliphatic rings. The van der Waals surface area contributed by atoms with Gasteiger partial charge in [0.2, 0.25) is 0 Å². The monoisotopic (exact) mass is 733 g/mol. The Bertz CT molecular complexity index is 2950. The van der Waals surface area contributed by atoms with Gasteiger partial charge >= 0.3 is 0 Å². The number of para-hydroxylation sites is 1. The summed E-state index contributed by atoms with van der Waals surface area (Å²) >= 11 is 0. The Kier molecular flexibility index (Phi) is 8.51. The molecule has 8 nitrogen and oxygen atoms in total. The second-order valence-electron chi connectivity index (χ2n) is 14.1. The topological polar surface area (TPSA) is 102 Å². The molecular weight excluding hydrogens is 699 g/mol. The van der Waals surface area contributed by atoms with Gasteiger partial charge in [0.1, 0.15) is 5.75 Å². The average molecular weight is 734 g/mol. The van der Waals surface area contributed by atoms with Crippen molar-refractivity contribution in [2.45, 2.75) is 26.4 Å². The van der Waals surface area contributed by atoms with Gasteiger partial charge in [-0.05, 0) is 83.4 Å². The van der Waals surface area contributed by atoms with Crippen LogP contribution in [-0.2, 0) is 19.5 Å². The molecule has 0 spiro atoms. The Morgan fingerprint density at radius 3 is 1.84 bits per heavy atom. The minimum absolute atomic E-state index is 0.123. The first kappa shape index (κ1) is 34.4. The number of nitrogens with zero attached hydrogens (tertiary/aromatic N) is 3. The number of carbonyl (C=O) groups excluding carboxylic acids is 2. The van der Waals surface area contributed by atoms with Crippen molar-refractivity contribution in [3.63, 3.8) is 0 Å². The fraction of sp³-hybridized carbons (Fsp3) is 0.0833. The summed E-state index contributed by atoms with van der Waals surface area (Å²) in [5.74, 6) is -1.03. The third-order valence-corrected chi connectivity index (χ3v) is 10.7. The van der Waals surface area contributed by atoms with Gasteiger partial charge in [-0.2, -0.15) is 0 Å². The molecule has 0 saturated carbocycles. The van der Waals surface area contributed by atoms with Crippen molar-refractivity contribution in [1.29, 1.82) is 0 Å². The minimum Gasteiger partial charge on any atom is -0.508 e. The van der Waals surface area contributed by atoms with Crippen LogP contribution >= 0.6 is 0 Å². The number of pyridine rings is 2. The number of phenols is 1. The lowest BCUT2D eigenvalue weighted by atomic mass is 9.92. The maximum Gasteiger partial charge on any atom is 0.263 e. The molecule has 0 bridgehead atoms. The van der Waals surface area contributed by atoms with E-state index in [0.29, 0.717) is 39.6 Å². The highest BCUT2D eigenvalue weighted by Gasteiger charge is 2.36. The largest absolute Gasteiger partial charge is 0.508 e. The van der Waals surface area contributed by atoms with Crippen molar-refractivity contribution in [2.75, 3.05) is 0 Å². The summed E-state index contributed by atoms with van der Waals surface area (Å²) in [6.45, 7) is 1.83. The number of aromatic nitrogens is 2. The Hall–Kier alpha value is -7.32. The number of phenolic OH excluding ortho intramolecular Hbond substituents is 1. The molecule has 0 aliphatic carbocycles. The molecule has 8 aromatic rings. The van der Waals surface area contributed by atoms with E-state index in [1.165, 1.54) is 6.07 Å². The van der Waals surface area contributed by atoms with Gasteiger partial charge in [-0.1, -0.05) is 103 Å². The zero-order chi connectivity index (χ0) is 38.5. The first-order chi connectivity index (χ1) is 27.3. The Balaban J connectivity index is 1.18. The molecule has 0 atom stereocenters. The number of aryl methyl sites for hydroxylation is 3. The molecule has 0 fully saturated rings. The lowest BCUT2D eigenvalue weighted by Crippen LogP contribution is -2.30. The van der Waals surface area contributed by atoms with E-state index in [9.17, 15) is 24.3 Å². The van der Waals surface area contributed by atoms with Crippen molar-refractivity contribution >= 4 is 33.5 Å². The van der Waals surface area contributed by atoms with Crippen LogP contribution in [0.2, 0.25) is 0 Å². The number of aromatic hydroxyl groups is 1. The van der Waals surface area contributed by atoms with Gasteiger partial charge < -0.3 is 9.67 Å². The van der Waals surface area contributed by atoms with Gasteiger partial charge in [0, 0.05) is 40.2 Å². The summed E-state index contributed by atoms with van der Waals surface area (Å²) in [6, 6.07) is 47.0. The van der Waals surface area contributed by atoms with Gasteiger partial charge in [-0.3, -0.25) is 28.6 Å². The third kappa shape index (κ3) is 5.70. The summed E-state index contributed by atoms with van der Waals surface area (Å²) in [4.78, 5) is 56.5. The normalized spacial score (nSPS) is 12.5. The Morgan fingerprint density at radius 2 is 1.18 bits per heavy atom. The van der Waals surface area contributed by atoms with E-state index in [-0.39, 0.29) is 30.0 Å². The van der Waals surface area contributed by atoms with Crippen molar-refractivity contribution < 1.29 is 14.7 Å². The molecule has 2 aromatic heterocycles. The molecule has 6 aromatic carbocycles. The second-order valence-corrected chi connectivity index (χ2v) is 14.1. The number of benzene rings is 6. The second kappa shape index (κ2) is 13.8. The Labute approximate surface area is 321 Å². The standard InChI is InChI=1S/C48H35N3O5/c1-30-27-42(53)49(45-35(30)23-24-41(52)40(45)29-50-46(54)37-19-11-12-20-38(37)47(50)55)26-25-31-21-22-36-39(28-31)48(56)51(34-17-9-4-10-18-34)44(33-15-7-3-8-16-33)43(36)32-13-5-2-6-14-32/h2-24,27-28,52H,25-26,29H2,1H3. The zero-order valence-corrected chi connectivity index (χ0v) is 30.5. The van der Waals surface area contributed by atoms with Crippen molar-refractivity contribution in [2.24, 2.45) is 0 Å². The molecular formula is C48H35N3O5. The molecule has 1 N–H and O–H groups in total. The average Bonchev–Trinajstić information content (AvgIpc) is 3.47. The predicted octanol–water partition coefficient (Wildman–Crippen LogP) is 8.69. The van der Waals surface area contributed by atoms with E-state index in [1.807, 2.05) is 104 Å². The molecule has 2 amide bonds. The van der Waals surface area contributed by atoms with Crippen LogP contribution in [0.4, 0.5) is 0 Å². The van der Waals surface area contributed by atoms with Gasteiger partial charge in [-0.25, -0.2) is 0 Å². The van der Waals surface area contributed by atoms with Crippen LogP contribution in [0.25, 0.3) is 49.7 Å². The van der Waals surface area contributed by atoms with E-state index in [0.717, 1.165) is 49.3 Å². The van der Waals surface area contributed by atoms with Gasteiger partial charge in [0.05, 0.1) is 28.9 Å². The fourth-order valence-corrected chi connectivity index (χ4v) is 8.06. The summed E-state index contributed by atoms with van der Waals surface area (Å²) in [5.41, 5.74) is 6.80. The summed E-state index contributed by atoms with van der Waals surface area (Å²) in [7, 11) is 0. The number of imide groups is 1. The molecule has 0 saturated heterocycles. The van der Waals surface area contributed by atoms with Gasteiger partial charge in [-0.15, -0.1) is 0 Å². The van der Waals surface area contributed by atoms with Crippen molar-refractivity contribution in [1.82, 2.24) is 14.0 Å². The molecule has 9 rings (SSSR count). The summed E-state index contributed by atoms with van der Waals surface area (Å²) in [6.07, 6.45) is 0.377.